The summed E-state index contributed by atoms with van der Waals surface area (Å²) >= 11 is 1.76. The molecule has 1 aromatic rings. The van der Waals surface area contributed by atoms with Crippen LogP contribution in [0.25, 0.3) is 0 Å². The number of hydrogen-bond acceptors (Lipinski definition) is 3. The van der Waals surface area contributed by atoms with Gasteiger partial charge in [-0.1, -0.05) is 25.7 Å². The number of aliphatic hydroxyl groups is 1. The van der Waals surface area contributed by atoms with Gasteiger partial charge >= 0.3 is 0 Å². The van der Waals surface area contributed by atoms with Gasteiger partial charge in [0.05, 0.1) is 11.5 Å². The third-order valence-corrected chi connectivity index (χ3v) is 4.07. The van der Waals surface area contributed by atoms with Crippen molar-refractivity contribution in [2.45, 2.75) is 46.2 Å². The minimum Gasteiger partial charge on any atom is -0.395 e. The molecule has 0 aliphatic rings. The highest BCUT2D eigenvalue weighted by molar-refractivity contribution is 7.12. The molecule has 1 N–H and O–H groups in total. The van der Waals surface area contributed by atoms with E-state index >= 15 is 0 Å². The molecule has 0 radical (unpaired) electrons. The van der Waals surface area contributed by atoms with Crippen LogP contribution in [0.5, 0.6) is 0 Å². The Morgan fingerprint density at radius 1 is 1.39 bits per heavy atom. The van der Waals surface area contributed by atoms with E-state index in [1.807, 2.05) is 0 Å². The number of hydrogen-bond donors (Lipinski definition) is 1. The lowest BCUT2D eigenvalue weighted by molar-refractivity contribution is 0.208. The van der Waals surface area contributed by atoms with Crippen molar-refractivity contribution in [2.75, 3.05) is 13.2 Å². The molecule has 0 aromatic carbocycles. The van der Waals surface area contributed by atoms with Gasteiger partial charge in [-0.25, -0.2) is 0 Å². The van der Waals surface area contributed by atoms with Crippen molar-refractivity contribution in [3.8, 4) is 11.8 Å². The molecule has 0 aliphatic heterocycles. The van der Waals surface area contributed by atoms with E-state index in [2.05, 4.69) is 49.6 Å². The summed E-state index contributed by atoms with van der Waals surface area (Å²) in [6.07, 6.45) is 1.74. The minimum absolute atomic E-state index is 0.142. The summed E-state index contributed by atoms with van der Waals surface area (Å²) in [5.41, 5.74) is 0. The second-order valence-electron chi connectivity index (χ2n) is 4.36. The molecule has 1 atom stereocenters. The number of aliphatic hydroxyl groups excluding tert-OH is 1. The molecular formula is C15H23NOS. The van der Waals surface area contributed by atoms with Crippen LogP contribution < -0.4 is 0 Å². The van der Waals surface area contributed by atoms with E-state index in [4.69, 9.17) is 5.11 Å². The molecule has 0 saturated heterocycles. The van der Waals surface area contributed by atoms with E-state index in [-0.39, 0.29) is 6.61 Å². The Morgan fingerprint density at radius 2 is 2.17 bits per heavy atom. The summed E-state index contributed by atoms with van der Waals surface area (Å²) < 4.78 is 0. The molecule has 100 valence electrons. The minimum atomic E-state index is 0.142. The maximum atomic E-state index is 8.68. The van der Waals surface area contributed by atoms with Gasteiger partial charge in [-0.3, -0.25) is 4.90 Å². The molecule has 3 heteroatoms. The van der Waals surface area contributed by atoms with E-state index in [0.717, 1.165) is 18.0 Å². The molecule has 2 nitrogen and oxygen atoms in total. The van der Waals surface area contributed by atoms with Gasteiger partial charge in [-0.05, 0) is 32.0 Å². The van der Waals surface area contributed by atoms with Crippen LogP contribution >= 0.6 is 11.3 Å². The van der Waals surface area contributed by atoms with Crippen molar-refractivity contribution in [1.82, 2.24) is 4.90 Å². The standard InChI is InChI=1S/C15H23NOS/c1-4-13(3)16(5-2)12-15-10-9-14(18-15)8-6-7-11-17/h9-10,13,17H,4-5,7,11-12H2,1-3H3. The van der Waals surface area contributed by atoms with Crippen molar-refractivity contribution >= 4 is 11.3 Å². The number of nitrogens with zero attached hydrogens (tertiary/aromatic N) is 1. The Bertz CT molecular complexity index is 402. The Morgan fingerprint density at radius 3 is 2.78 bits per heavy atom. The average Bonchev–Trinajstić information content (AvgIpc) is 2.83. The van der Waals surface area contributed by atoms with Crippen LogP contribution in [0.1, 0.15) is 43.4 Å². The Balaban J connectivity index is 2.60. The van der Waals surface area contributed by atoms with E-state index in [9.17, 15) is 0 Å². The highest BCUT2D eigenvalue weighted by atomic mass is 32.1. The molecule has 0 saturated carbocycles. The average molecular weight is 265 g/mol. The molecule has 0 spiro atoms. The zero-order valence-electron chi connectivity index (χ0n) is 11.6. The van der Waals surface area contributed by atoms with Gasteiger partial charge in [0.2, 0.25) is 0 Å². The monoisotopic (exact) mass is 265 g/mol. The van der Waals surface area contributed by atoms with Gasteiger partial charge in [0.1, 0.15) is 0 Å². The highest BCUT2D eigenvalue weighted by Gasteiger charge is 2.11. The topological polar surface area (TPSA) is 23.5 Å². The maximum absolute atomic E-state index is 8.68. The predicted octanol–water partition coefficient (Wildman–Crippen LogP) is 3.10. The summed E-state index contributed by atoms with van der Waals surface area (Å²) in [5, 5.41) is 8.68. The first-order chi connectivity index (χ1) is 8.71. The Labute approximate surface area is 115 Å². The lowest BCUT2D eigenvalue weighted by Crippen LogP contribution is -2.31. The van der Waals surface area contributed by atoms with Crippen LogP contribution in [-0.4, -0.2) is 29.2 Å². The van der Waals surface area contributed by atoms with Crippen molar-refractivity contribution in [1.29, 1.82) is 0 Å². The molecular weight excluding hydrogens is 242 g/mol. The third-order valence-electron chi connectivity index (χ3n) is 3.09. The fourth-order valence-electron chi connectivity index (χ4n) is 1.77. The first kappa shape index (κ1) is 15.2. The molecule has 1 aromatic heterocycles. The molecule has 0 aliphatic carbocycles. The number of rotatable bonds is 6. The predicted molar refractivity (Wildman–Crippen MR) is 78.7 cm³/mol. The van der Waals surface area contributed by atoms with Gasteiger partial charge in [-0.15, -0.1) is 11.3 Å². The maximum Gasteiger partial charge on any atom is 0.0771 e. The first-order valence-electron chi connectivity index (χ1n) is 6.63. The van der Waals surface area contributed by atoms with Crippen molar-refractivity contribution in [3.05, 3.63) is 21.9 Å². The third kappa shape index (κ3) is 4.81. The van der Waals surface area contributed by atoms with Gasteiger partial charge in [-0.2, -0.15) is 0 Å². The van der Waals surface area contributed by atoms with Crippen LogP contribution in [0, 0.1) is 11.8 Å². The fourth-order valence-corrected chi connectivity index (χ4v) is 2.68. The normalized spacial score (nSPS) is 12.3. The zero-order valence-corrected chi connectivity index (χ0v) is 12.4. The Kier molecular flexibility index (Phi) is 7.04. The summed E-state index contributed by atoms with van der Waals surface area (Å²) in [5.74, 6) is 6.05. The molecule has 1 unspecified atom stereocenters. The quantitative estimate of drug-likeness (QED) is 0.799. The van der Waals surface area contributed by atoms with E-state index in [1.54, 1.807) is 11.3 Å². The molecule has 0 amide bonds. The van der Waals surface area contributed by atoms with Crippen LogP contribution in [0.15, 0.2) is 12.1 Å². The molecule has 0 bridgehead atoms. The smallest absolute Gasteiger partial charge is 0.0771 e. The fraction of sp³-hybridized carbons (Fsp3) is 0.600. The summed E-state index contributed by atoms with van der Waals surface area (Å²) in [6.45, 7) is 8.95. The summed E-state index contributed by atoms with van der Waals surface area (Å²) in [7, 11) is 0. The van der Waals surface area contributed by atoms with Crippen LogP contribution in [0.2, 0.25) is 0 Å². The second kappa shape index (κ2) is 8.31. The second-order valence-corrected chi connectivity index (χ2v) is 5.53. The van der Waals surface area contributed by atoms with Gasteiger partial charge < -0.3 is 5.11 Å². The molecule has 1 rings (SSSR count). The van der Waals surface area contributed by atoms with Gasteiger partial charge in [0.15, 0.2) is 0 Å². The molecule has 18 heavy (non-hydrogen) atoms. The summed E-state index contributed by atoms with van der Waals surface area (Å²) in [6, 6.07) is 4.87. The first-order valence-corrected chi connectivity index (χ1v) is 7.45. The van der Waals surface area contributed by atoms with Gasteiger partial charge in [0, 0.05) is 23.9 Å². The van der Waals surface area contributed by atoms with Crippen molar-refractivity contribution < 1.29 is 5.11 Å². The lowest BCUT2D eigenvalue weighted by Gasteiger charge is -2.26. The van der Waals surface area contributed by atoms with Crippen molar-refractivity contribution in [3.63, 3.8) is 0 Å². The number of thiophene rings is 1. The van der Waals surface area contributed by atoms with Crippen molar-refractivity contribution in [2.24, 2.45) is 0 Å². The van der Waals surface area contributed by atoms with Gasteiger partial charge in [0.25, 0.3) is 0 Å². The molecule has 0 fully saturated rings. The molecule has 1 heterocycles. The van der Waals surface area contributed by atoms with Crippen LogP contribution in [0.4, 0.5) is 0 Å². The van der Waals surface area contributed by atoms with Crippen LogP contribution in [-0.2, 0) is 6.54 Å². The zero-order chi connectivity index (χ0) is 13.4. The van der Waals surface area contributed by atoms with Crippen LogP contribution in [0.3, 0.4) is 0 Å². The largest absolute Gasteiger partial charge is 0.395 e. The lowest BCUT2D eigenvalue weighted by atomic mass is 10.2. The van der Waals surface area contributed by atoms with E-state index in [1.165, 1.54) is 11.3 Å². The van der Waals surface area contributed by atoms with E-state index < -0.39 is 0 Å². The highest BCUT2D eigenvalue weighted by Crippen LogP contribution is 2.19. The SMILES string of the molecule is CCC(C)N(CC)Cc1ccc(C#CCCO)s1. The Hall–Kier alpha value is -0.820. The summed E-state index contributed by atoms with van der Waals surface area (Å²) in [4.78, 5) is 4.95. The van der Waals surface area contributed by atoms with E-state index in [0.29, 0.717) is 12.5 Å².